The first-order chi connectivity index (χ1) is 14.5. The van der Waals surface area contributed by atoms with Crippen molar-refractivity contribution in [1.82, 2.24) is 25.4 Å². The summed E-state index contributed by atoms with van der Waals surface area (Å²) in [4.78, 5) is 21.4. The molecule has 1 unspecified atom stereocenters. The fourth-order valence-corrected chi connectivity index (χ4v) is 3.89. The number of aliphatic imine (C=N–C) groups is 1. The Hall–Kier alpha value is -2.47. The molecule has 1 atom stereocenters. The molecule has 2 aromatic heterocycles. The van der Waals surface area contributed by atoms with Gasteiger partial charge in [-0.15, -0.1) is 35.3 Å². The van der Waals surface area contributed by atoms with Crippen molar-refractivity contribution in [2.24, 2.45) is 4.99 Å². The van der Waals surface area contributed by atoms with Gasteiger partial charge in [-0.2, -0.15) is 5.10 Å². The van der Waals surface area contributed by atoms with Gasteiger partial charge in [0.15, 0.2) is 5.96 Å². The molecule has 0 fully saturated rings. The van der Waals surface area contributed by atoms with Crippen LogP contribution in [0.4, 0.5) is 0 Å². The number of para-hydroxylation sites is 1. The number of halogens is 1. The second-order valence-corrected chi connectivity index (χ2v) is 7.59. The zero-order valence-electron chi connectivity index (χ0n) is 18.0. The van der Waals surface area contributed by atoms with E-state index < -0.39 is 0 Å². The van der Waals surface area contributed by atoms with Gasteiger partial charge in [0.05, 0.1) is 24.0 Å². The van der Waals surface area contributed by atoms with E-state index in [0.29, 0.717) is 29.7 Å². The topological polar surface area (TPSA) is 93.4 Å². The molecule has 0 aliphatic rings. The van der Waals surface area contributed by atoms with E-state index in [1.54, 1.807) is 20.2 Å². The number of thiazole rings is 1. The van der Waals surface area contributed by atoms with Crippen molar-refractivity contribution in [3.63, 3.8) is 0 Å². The standard InChI is InChI=1S/C21H26N6O2S.HI/c1-5-29-20(28)18-14(2)25-19(30-18)15(3)26-21(22-4)23-13-16-9-6-7-10-17(16)27-12-8-11-24-27;/h6-12,15H,5,13H2,1-4H3,(H2,22,23,26);1H. The van der Waals surface area contributed by atoms with E-state index in [4.69, 9.17) is 4.74 Å². The average molecular weight is 554 g/mol. The van der Waals surface area contributed by atoms with Crippen molar-refractivity contribution in [2.75, 3.05) is 13.7 Å². The third-order valence-corrected chi connectivity index (χ3v) is 5.73. The molecule has 2 N–H and O–H groups in total. The van der Waals surface area contributed by atoms with Crippen molar-refractivity contribution < 1.29 is 9.53 Å². The van der Waals surface area contributed by atoms with Gasteiger partial charge in [0.2, 0.25) is 0 Å². The summed E-state index contributed by atoms with van der Waals surface area (Å²) in [7, 11) is 1.72. The van der Waals surface area contributed by atoms with E-state index in [1.165, 1.54) is 11.3 Å². The lowest BCUT2D eigenvalue weighted by Gasteiger charge is -2.17. The second-order valence-electron chi connectivity index (χ2n) is 6.56. The van der Waals surface area contributed by atoms with Crippen LogP contribution in [0.15, 0.2) is 47.7 Å². The molecular formula is C21H27IN6O2S. The number of carbonyl (C=O) groups excluding carboxylic acids is 1. The summed E-state index contributed by atoms with van der Waals surface area (Å²) in [6.45, 7) is 6.51. The molecule has 0 aliphatic carbocycles. The molecule has 0 radical (unpaired) electrons. The maximum Gasteiger partial charge on any atom is 0.350 e. The summed E-state index contributed by atoms with van der Waals surface area (Å²) in [5, 5.41) is 11.8. The Morgan fingerprint density at radius 2 is 2.10 bits per heavy atom. The zero-order chi connectivity index (χ0) is 21.5. The van der Waals surface area contributed by atoms with Crippen LogP contribution in [-0.4, -0.2) is 40.3 Å². The van der Waals surface area contributed by atoms with Gasteiger partial charge < -0.3 is 15.4 Å². The Morgan fingerprint density at radius 3 is 2.77 bits per heavy atom. The zero-order valence-corrected chi connectivity index (χ0v) is 21.1. The molecule has 0 aliphatic heterocycles. The maximum atomic E-state index is 12.1. The molecule has 10 heteroatoms. The van der Waals surface area contributed by atoms with Crippen LogP contribution in [0.1, 0.15) is 45.8 Å². The quantitative estimate of drug-likeness (QED) is 0.200. The molecule has 0 bridgehead atoms. The molecule has 0 saturated carbocycles. The summed E-state index contributed by atoms with van der Waals surface area (Å²) < 4.78 is 6.94. The van der Waals surface area contributed by atoms with Gasteiger partial charge in [-0.25, -0.2) is 14.5 Å². The number of ether oxygens (including phenoxy) is 1. The monoisotopic (exact) mass is 554 g/mol. The van der Waals surface area contributed by atoms with Gasteiger partial charge in [0.1, 0.15) is 9.88 Å². The van der Waals surface area contributed by atoms with Gasteiger partial charge >= 0.3 is 5.97 Å². The first kappa shape index (κ1) is 24.8. The largest absolute Gasteiger partial charge is 0.462 e. The third-order valence-electron chi connectivity index (χ3n) is 4.41. The highest BCUT2D eigenvalue weighted by molar-refractivity contribution is 14.0. The van der Waals surface area contributed by atoms with Crippen molar-refractivity contribution in [1.29, 1.82) is 0 Å². The van der Waals surface area contributed by atoms with Crippen molar-refractivity contribution >= 4 is 47.2 Å². The van der Waals surface area contributed by atoms with Gasteiger partial charge in [-0.05, 0) is 38.5 Å². The number of esters is 1. The highest BCUT2D eigenvalue weighted by Gasteiger charge is 2.20. The van der Waals surface area contributed by atoms with Crippen molar-refractivity contribution in [2.45, 2.75) is 33.4 Å². The van der Waals surface area contributed by atoms with Gasteiger partial charge in [0, 0.05) is 26.0 Å². The van der Waals surface area contributed by atoms with Gasteiger partial charge in [0.25, 0.3) is 0 Å². The number of aryl methyl sites for hydroxylation is 1. The summed E-state index contributed by atoms with van der Waals surface area (Å²) in [5.41, 5.74) is 2.78. The number of guanidine groups is 1. The van der Waals surface area contributed by atoms with Crippen LogP contribution < -0.4 is 10.6 Å². The minimum atomic E-state index is -0.330. The maximum absolute atomic E-state index is 12.1. The molecule has 0 spiro atoms. The molecule has 31 heavy (non-hydrogen) atoms. The minimum Gasteiger partial charge on any atom is -0.462 e. The SMILES string of the molecule is CCOC(=O)c1sc(C(C)NC(=NC)NCc2ccccc2-n2cccn2)nc1C.I. The second kappa shape index (κ2) is 11.8. The van der Waals surface area contributed by atoms with Crippen molar-refractivity contribution in [3.05, 3.63) is 63.9 Å². The van der Waals surface area contributed by atoms with Gasteiger partial charge in [-0.1, -0.05) is 18.2 Å². The predicted molar refractivity (Wildman–Crippen MR) is 134 cm³/mol. The van der Waals surface area contributed by atoms with Crippen LogP contribution in [0.5, 0.6) is 0 Å². The highest BCUT2D eigenvalue weighted by atomic mass is 127. The Bertz CT molecular complexity index is 1020. The fourth-order valence-electron chi connectivity index (χ4n) is 2.92. The fraction of sp³-hybridized carbons (Fsp3) is 0.333. The number of hydrogen-bond donors (Lipinski definition) is 2. The van der Waals surface area contributed by atoms with Crippen LogP contribution in [0.2, 0.25) is 0 Å². The lowest BCUT2D eigenvalue weighted by Crippen LogP contribution is -2.38. The van der Waals surface area contributed by atoms with E-state index >= 15 is 0 Å². The Labute approximate surface area is 203 Å². The Morgan fingerprint density at radius 1 is 1.32 bits per heavy atom. The number of nitrogens with one attached hydrogen (secondary N) is 2. The van der Waals surface area contributed by atoms with Crippen LogP contribution in [0.25, 0.3) is 5.69 Å². The average Bonchev–Trinajstić information content (AvgIpc) is 3.41. The molecule has 3 aromatic rings. The van der Waals surface area contributed by atoms with E-state index in [9.17, 15) is 4.79 Å². The Balaban J connectivity index is 0.00000341. The van der Waals surface area contributed by atoms with Crippen molar-refractivity contribution in [3.8, 4) is 5.69 Å². The summed E-state index contributed by atoms with van der Waals surface area (Å²) in [5.74, 6) is 0.312. The molecule has 1 aromatic carbocycles. The van der Waals surface area contributed by atoms with Crippen LogP contribution in [0.3, 0.4) is 0 Å². The molecule has 2 heterocycles. The lowest BCUT2D eigenvalue weighted by molar-refractivity contribution is 0.0531. The lowest BCUT2D eigenvalue weighted by atomic mass is 10.2. The number of aromatic nitrogens is 3. The Kier molecular flexibility index (Phi) is 9.44. The normalized spacial score (nSPS) is 12.1. The molecular weight excluding hydrogens is 527 g/mol. The smallest absolute Gasteiger partial charge is 0.350 e. The highest BCUT2D eigenvalue weighted by Crippen LogP contribution is 2.24. The van der Waals surface area contributed by atoms with Crippen LogP contribution >= 0.6 is 35.3 Å². The van der Waals surface area contributed by atoms with Crippen LogP contribution in [0, 0.1) is 6.92 Å². The van der Waals surface area contributed by atoms with E-state index in [2.05, 4.69) is 31.8 Å². The van der Waals surface area contributed by atoms with E-state index in [-0.39, 0.29) is 36.0 Å². The molecule has 3 rings (SSSR count). The van der Waals surface area contributed by atoms with Gasteiger partial charge in [-0.3, -0.25) is 4.99 Å². The third kappa shape index (κ3) is 6.26. The first-order valence-corrected chi connectivity index (χ1v) is 10.5. The molecule has 0 amide bonds. The molecule has 8 nitrogen and oxygen atoms in total. The van der Waals surface area contributed by atoms with Crippen LogP contribution in [-0.2, 0) is 11.3 Å². The minimum absolute atomic E-state index is 0. The van der Waals surface area contributed by atoms with E-state index in [1.807, 2.05) is 49.0 Å². The first-order valence-electron chi connectivity index (χ1n) is 9.73. The summed E-state index contributed by atoms with van der Waals surface area (Å²) in [6.07, 6.45) is 3.67. The number of nitrogens with zero attached hydrogens (tertiary/aromatic N) is 4. The predicted octanol–water partition coefficient (Wildman–Crippen LogP) is 3.86. The number of rotatable bonds is 7. The summed E-state index contributed by atoms with van der Waals surface area (Å²) >= 11 is 1.34. The molecule has 166 valence electrons. The van der Waals surface area contributed by atoms with E-state index in [0.717, 1.165) is 16.3 Å². The summed E-state index contributed by atoms with van der Waals surface area (Å²) in [6, 6.07) is 9.84. The number of benzene rings is 1. The number of hydrogen-bond acceptors (Lipinski definition) is 6. The number of carbonyl (C=O) groups is 1. The molecule has 0 saturated heterocycles.